The van der Waals surface area contributed by atoms with Gasteiger partial charge in [0.15, 0.2) is 0 Å². The van der Waals surface area contributed by atoms with Gasteiger partial charge in [0.2, 0.25) is 5.91 Å². The van der Waals surface area contributed by atoms with E-state index in [-0.39, 0.29) is 11.9 Å². The summed E-state index contributed by atoms with van der Waals surface area (Å²) in [7, 11) is 0. The van der Waals surface area contributed by atoms with Crippen LogP contribution in [0.25, 0.3) is 0 Å². The molecule has 0 aromatic carbocycles. The first-order valence-electron chi connectivity index (χ1n) is 5.64. The first-order chi connectivity index (χ1) is 7.31. The maximum atomic E-state index is 11.5. The van der Waals surface area contributed by atoms with Crippen LogP contribution in [0, 0.1) is 0 Å². The lowest BCUT2D eigenvalue weighted by Crippen LogP contribution is -2.59. The molecular formula is C10H19N3O2. The summed E-state index contributed by atoms with van der Waals surface area (Å²) in [4.78, 5) is 13.7. The van der Waals surface area contributed by atoms with Crippen LogP contribution in [0.2, 0.25) is 0 Å². The van der Waals surface area contributed by atoms with Crippen molar-refractivity contribution in [3.63, 3.8) is 0 Å². The fourth-order valence-electron chi connectivity index (χ4n) is 2.29. The molecule has 2 rings (SSSR count). The van der Waals surface area contributed by atoms with Crippen molar-refractivity contribution in [2.45, 2.75) is 25.0 Å². The zero-order valence-electron chi connectivity index (χ0n) is 8.95. The van der Waals surface area contributed by atoms with Gasteiger partial charge in [-0.2, -0.15) is 0 Å². The van der Waals surface area contributed by atoms with Gasteiger partial charge in [0.25, 0.3) is 0 Å². The van der Waals surface area contributed by atoms with E-state index in [4.69, 9.17) is 10.5 Å². The van der Waals surface area contributed by atoms with Crippen LogP contribution in [0.5, 0.6) is 0 Å². The molecule has 0 aliphatic carbocycles. The molecule has 5 nitrogen and oxygen atoms in total. The van der Waals surface area contributed by atoms with E-state index in [2.05, 4.69) is 10.2 Å². The number of nitrogens with two attached hydrogens (primary N) is 1. The molecule has 0 bridgehead atoms. The summed E-state index contributed by atoms with van der Waals surface area (Å²) in [6.07, 6.45) is 2.54. The third-order valence-corrected chi connectivity index (χ3v) is 3.13. The van der Waals surface area contributed by atoms with Gasteiger partial charge in [0.1, 0.15) is 6.04 Å². The van der Waals surface area contributed by atoms with E-state index in [9.17, 15) is 4.79 Å². The highest BCUT2D eigenvalue weighted by atomic mass is 16.5. The van der Waals surface area contributed by atoms with Crippen LogP contribution in [0.1, 0.15) is 12.8 Å². The van der Waals surface area contributed by atoms with Gasteiger partial charge in [-0.05, 0) is 12.8 Å². The van der Waals surface area contributed by atoms with E-state index in [0.717, 1.165) is 39.1 Å². The summed E-state index contributed by atoms with van der Waals surface area (Å²) >= 11 is 0. The van der Waals surface area contributed by atoms with E-state index in [1.807, 2.05) is 0 Å². The smallest absolute Gasteiger partial charge is 0.238 e. The number of amides is 1. The standard InChI is InChI=1S/C10H19N3O2/c11-6-9-10(14)12-3-4-13(9)7-8-2-1-5-15-8/h8-9H,1-7,11H2,(H,12,14). The van der Waals surface area contributed by atoms with E-state index in [1.54, 1.807) is 0 Å². The van der Waals surface area contributed by atoms with Crippen molar-refractivity contribution in [2.75, 3.05) is 32.8 Å². The van der Waals surface area contributed by atoms with Crippen LogP contribution < -0.4 is 11.1 Å². The molecule has 2 unspecified atom stereocenters. The minimum atomic E-state index is -0.164. The average molecular weight is 213 g/mol. The second kappa shape index (κ2) is 4.92. The van der Waals surface area contributed by atoms with E-state index >= 15 is 0 Å². The number of rotatable bonds is 3. The molecule has 2 heterocycles. The molecule has 2 saturated heterocycles. The number of hydrogen-bond donors (Lipinski definition) is 2. The lowest BCUT2D eigenvalue weighted by atomic mass is 10.1. The molecule has 0 saturated carbocycles. The normalized spacial score (nSPS) is 33.0. The van der Waals surface area contributed by atoms with Gasteiger partial charge >= 0.3 is 0 Å². The average Bonchev–Trinajstić information content (AvgIpc) is 2.71. The van der Waals surface area contributed by atoms with Gasteiger partial charge < -0.3 is 15.8 Å². The Balaban J connectivity index is 1.90. The predicted molar refractivity (Wildman–Crippen MR) is 56.4 cm³/mol. The molecule has 5 heteroatoms. The number of hydrogen-bond acceptors (Lipinski definition) is 4. The molecule has 2 aliphatic rings. The summed E-state index contributed by atoms with van der Waals surface area (Å²) in [5.41, 5.74) is 5.61. The van der Waals surface area contributed by atoms with Gasteiger partial charge in [-0.25, -0.2) is 0 Å². The van der Waals surface area contributed by atoms with Crippen LogP contribution in [0.3, 0.4) is 0 Å². The molecule has 0 aromatic heterocycles. The molecule has 15 heavy (non-hydrogen) atoms. The topological polar surface area (TPSA) is 67.6 Å². The minimum absolute atomic E-state index is 0.0572. The predicted octanol–water partition coefficient (Wildman–Crippen LogP) is -1.08. The highest BCUT2D eigenvalue weighted by Crippen LogP contribution is 2.15. The third kappa shape index (κ3) is 2.48. The Labute approximate surface area is 89.9 Å². The third-order valence-electron chi connectivity index (χ3n) is 3.13. The Morgan fingerprint density at radius 3 is 3.13 bits per heavy atom. The molecule has 2 fully saturated rings. The summed E-state index contributed by atoms with van der Waals surface area (Å²) in [5, 5.41) is 2.84. The lowest BCUT2D eigenvalue weighted by molar-refractivity contribution is -0.129. The van der Waals surface area contributed by atoms with Crippen molar-refractivity contribution in [2.24, 2.45) is 5.73 Å². The fourth-order valence-corrected chi connectivity index (χ4v) is 2.29. The van der Waals surface area contributed by atoms with Crippen LogP contribution in [0.4, 0.5) is 0 Å². The minimum Gasteiger partial charge on any atom is -0.377 e. The fraction of sp³-hybridized carbons (Fsp3) is 0.900. The summed E-state index contributed by atoms with van der Waals surface area (Å²) in [6.45, 7) is 3.70. The maximum absolute atomic E-state index is 11.5. The molecule has 2 aliphatic heterocycles. The van der Waals surface area contributed by atoms with Crippen LogP contribution in [-0.2, 0) is 9.53 Å². The van der Waals surface area contributed by atoms with Crippen molar-refractivity contribution in [1.29, 1.82) is 0 Å². The molecule has 86 valence electrons. The molecule has 0 radical (unpaired) electrons. The number of carbonyl (C=O) groups excluding carboxylic acids is 1. The molecule has 3 N–H and O–H groups in total. The maximum Gasteiger partial charge on any atom is 0.238 e. The van der Waals surface area contributed by atoms with Crippen molar-refractivity contribution < 1.29 is 9.53 Å². The number of nitrogens with zero attached hydrogens (tertiary/aromatic N) is 1. The Hall–Kier alpha value is -0.650. The number of ether oxygens (including phenoxy) is 1. The molecule has 1 amide bonds. The van der Waals surface area contributed by atoms with Crippen molar-refractivity contribution in [1.82, 2.24) is 10.2 Å². The zero-order valence-corrected chi connectivity index (χ0v) is 8.95. The van der Waals surface area contributed by atoms with Crippen LogP contribution in [-0.4, -0.2) is 55.7 Å². The van der Waals surface area contributed by atoms with Crippen LogP contribution >= 0.6 is 0 Å². The van der Waals surface area contributed by atoms with Gasteiger partial charge in [-0.15, -0.1) is 0 Å². The van der Waals surface area contributed by atoms with Gasteiger partial charge in [-0.1, -0.05) is 0 Å². The summed E-state index contributed by atoms with van der Waals surface area (Å²) in [5.74, 6) is 0.0572. The van der Waals surface area contributed by atoms with Crippen molar-refractivity contribution in [3.8, 4) is 0 Å². The van der Waals surface area contributed by atoms with Gasteiger partial charge in [0, 0.05) is 32.8 Å². The number of carbonyl (C=O) groups is 1. The lowest BCUT2D eigenvalue weighted by Gasteiger charge is -2.35. The molecule has 0 aromatic rings. The molecule has 0 spiro atoms. The monoisotopic (exact) mass is 213 g/mol. The van der Waals surface area contributed by atoms with Crippen molar-refractivity contribution in [3.05, 3.63) is 0 Å². The number of piperazine rings is 1. The van der Waals surface area contributed by atoms with E-state index < -0.39 is 0 Å². The Morgan fingerprint density at radius 2 is 2.47 bits per heavy atom. The summed E-state index contributed by atoms with van der Waals surface area (Å²) < 4.78 is 5.57. The quantitative estimate of drug-likeness (QED) is 0.626. The Kier molecular flexibility index (Phi) is 3.56. The zero-order chi connectivity index (χ0) is 10.7. The highest BCUT2D eigenvalue weighted by molar-refractivity contribution is 5.82. The van der Waals surface area contributed by atoms with Gasteiger partial charge in [0.05, 0.1) is 6.10 Å². The molecular weight excluding hydrogens is 194 g/mol. The van der Waals surface area contributed by atoms with E-state index in [0.29, 0.717) is 12.6 Å². The largest absolute Gasteiger partial charge is 0.377 e. The van der Waals surface area contributed by atoms with Crippen LogP contribution in [0.15, 0.2) is 0 Å². The second-order valence-corrected chi connectivity index (χ2v) is 4.17. The summed E-state index contributed by atoms with van der Waals surface area (Å²) in [6, 6.07) is -0.164. The Morgan fingerprint density at radius 1 is 1.60 bits per heavy atom. The second-order valence-electron chi connectivity index (χ2n) is 4.17. The van der Waals surface area contributed by atoms with Gasteiger partial charge in [-0.3, -0.25) is 9.69 Å². The number of nitrogens with one attached hydrogen (secondary N) is 1. The highest BCUT2D eigenvalue weighted by Gasteiger charge is 2.30. The van der Waals surface area contributed by atoms with E-state index in [1.165, 1.54) is 0 Å². The SMILES string of the molecule is NCC1C(=O)NCCN1CC1CCCO1. The first kappa shape index (κ1) is 10.9. The Bertz CT molecular complexity index is 229. The van der Waals surface area contributed by atoms with Crippen molar-refractivity contribution >= 4 is 5.91 Å². The molecule has 2 atom stereocenters. The first-order valence-corrected chi connectivity index (χ1v) is 5.64.